The highest BCUT2D eigenvalue weighted by atomic mass is 32.2. The Labute approximate surface area is 165 Å². The van der Waals surface area contributed by atoms with Crippen molar-refractivity contribution in [3.05, 3.63) is 47.3 Å². The molecule has 0 unspecified atom stereocenters. The van der Waals surface area contributed by atoms with Crippen LogP contribution in [0.4, 0.5) is 0 Å². The van der Waals surface area contributed by atoms with Gasteiger partial charge in [-0.25, -0.2) is 8.42 Å². The van der Waals surface area contributed by atoms with Gasteiger partial charge in [0.2, 0.25) is 10.0 Å². The zero-order valence-electron chi connectivity index (χ0n) is 16.3. The number of nitrogens with zero attached hydrogens (tertiary/aromatic N) is 2. The summed E-state index contributed by atoms with van der Waals surface area (Å²) in [4.78, 5) is 12.7. The van der Waals surface area contributed by atoms with Gasteiger partial charge in [-0.2, -0.15) is 4.31 Å². The van der Waals surface area contributed by atoms with Crippen LogP contribution in [-0.2, 0) is 29.7 Å². The molecule has 0 saturated carbocycles. The van der Waals surface area contributed by atoms with Crippen LogP contribution < -0.4 is 14.8 Å². The van der Waals surface area contributed by atoms with E-state index in [0.29, 0.717) is 43.2 Å². The van der Waals surface area contributed by atoms with E-state index in [0.717, 1.165) is 11.3 Å². The summed E-state index contributed by atoms with van der Waals surface area (Å²) in [5.74, 6) is 1.11. The van der Waals surface area contributed by atoms with E-state index in [1.54, 1.807) is 26.4 Å². The monoisotopic (exact) mass is 407 g/mol. The molecule has 152 valence electrons. The van der Waals surface area contributed by atoms with Crippen LogP contribution in [0.3, 0.4) is 0 Å². The first-order valence-electron chi connectivity index (χ1n) is 8.96. The Bertz CT molecular complexity index is 968. The van der Waals surface area contributed by atoms with Crippen molar-refractivity contribution < 1.29 is 22.7 Å². The molecular formula is C19H25N3O5S. The molecule has 1 amide bonds. The normalized spacial score (nSPS) is 14.8. The first-order chi connectivity index (χ1) is 13.3. The molecule has 9 heteroatoms. The Kier molecular flexibility index (Phi) is 5.95. The average molecular weight is 407 g/mol. The maximum absolute atomic E-state index is 12.7. The molecule has 2 heterocycles. The molecule has 0 aliphatic carbocycles. The predicted molar refractivity (Wildman–Crippen MR) is 105 cm³/mol. The molecule has 0 bridgehead atoms. The Morgan fingerprint density at radius 3 is 2.61 bits per heavy atom. The van der Waals surface area contributed by atoms with Gasteiger partial charge < -0.3 is 19.4 Å². The van der Waals surface area contributed by atoms with Gasteiger partial charge in [0.25, 0.3) is 5.91 Å². The minimum atomic E-state index is -3.27. The number of rotatable bonds is 6. The minimum Gasteiger partial charge on any atom is -0.497 e. The first-order valence-corrected chi connectivity index (χ1v) is 10.8. The van der Waals surface area contributed by atoms with Gasteiger partial charge in [-0.3, -0.25) is 4.79 Å². The van der Waals surface area contributed by atoms with Crippen molar-refractivity contribution in [2.24, 2.45) is 0 Å². The highest BCUT2D eigenvalue weighted by Gasteiger charge is 2.24. The third-order valence-electron chi connectivity index (χ3n) is 4.83. The van der Waals surface area contributed by atoms with Crippen molar-refractivity contribution in [3.8, 4) is 11.5 Å². The number of carbonyl (C=O) groups excluding carboxylic acids is 1. The van der Waals surface area contributed by atoms with E-state index in [9.17, 15) is 13.2 Å². The maximum Gasteiger partial charge on any atom is 0.268 e. The molecule has 0 radical (unpaired) electrons. The molecule has 3 rings (SSSR count). The second-order valence-corrected chi connectivity index (χ2v) is 8.65. The quantitative estimate of drug-likeness (QED) is 0.786. The highest BCUT2D eigenvalue weighted by Crippen LogP contribution is 2.25. The van der Waals surface area contributed by atoms with E-state index >= 15 is 0 Å². The zero-order valence-corrected chi connectivity index (χ0v) is 17.1. The molecule has 0 fully saturated rings. The number of methoxy groups -OCH3 is 2. The van der Waals surface area contributed by atoms with Crippen molar-refractivity contribution in [1.82, 2.24) is 14.2 Å². The molecule has 1 aliphatic rings. The molecule has 1 aromatic carbocycles. The molecular weight excluding hydrogens is 382 g/mol. The van der Waals surface area contributed by atoms with Crippen LogP contribution in [0.15, 0.2) is 30.3 Å². The van der Waals surface area contributed by atoms with Crippen molar-refractivity contribution in [1.29, 1.82) is 0 Å². The Balaban J connectivity index is 1.74. The second-order valence-electron chi connectivity index (χ2n) is 6.67. The van der Waals surface area contributed by atoms with Gasteiger partial charge in [-0.15, -0.1) is 0 Å². The lowest BCUT2D eigenvalue weighted by molar-refractivity contribution is 0.0941. The van der Waals surface area contributed by atoms with E-state index in [1.807, 2.05) is 22.8 Å². The lowest BCUT2D eigenvalue weighted by atomic mass is 10.2. The fraction of sp³-hybridized carbons (Fsp3) is 0.421. The molecule has 0 atom stereocenters. The van der Waals surface area contributed by atoms with Gasteiger partial charge in [0, 0.05) is 37.0 Å². The zero-order chi connectivity index (χ0) is 20.3. The third kappa shape index (κ3) is 4.31. The standard InChI is InChI=1S/C19H25N3O5S/c1-26-16-7-5-14(18(11-16)27-2)12-20-19(23)17-8-6-15-13-21(28(3,24)25)9-4-10-22(15)17/h5-8,11H,4,9-10,12-13H2,1-3H3,(H,20,23). The summed E-state index contributed by atoms with van der Waals surface area (Å²) in [5.41, 5.74) is 2.18. The molecule has 1 aromatic heterocycles. The Morgan fingerprint density at radius 2 is 1.93 bits per heavy atom. The number of fused-ring (bicyclic) bond motifs is 1. The van der Waals surface area contributed by atoms with E-state index in [2.05, 4.69) is 5.32 Å². The number of ether oxygens (including phenoxy) is 2. The number of benzene rings is 1. The van der Waals surface area contributed by atoms with Gasteiger partial charge in [-0.1, -0.05) is 0 Å². The van der Waals surface area contributed by atoms with Crippen LogP contribution in [0, 0.1) is 0 Å². The number of nitrogens with one attached hydrogen (secondary N) is 1. The molecule has 1 N–H and O–H groups in total. The van der Waals surface area contributed by atoms with E-state index in [-0.39, 0.29) is 12.5 Å². The molecule has 28 heavy (non-hydrogen) atoms. The Hall–Kier alpha value is -2.52. The number of amides is 1. The van der Waals surface area contributed by atoms with Crippen LogP contribution in [0.2, 0.25) is 0 Å². The van der Waals surface area contributed by atoms with Crippen molar-refractivity contribution >= 4 is 15.9 Å². The SMILES string of the molecule is COc1ccc(CNC(=O)c2ccc3n2CCCN(S(C)(=O)=O)C3)c(OC)c1. The number of hydrogen-bond acceptors (Lipinski definition) is 5. The van der Waals surface area contributed by atoms with E-state index < -0.39 is 10.0 Å². The van der Waals surface area contributed by atoms with Crippen LogP contribution in [-0.4, -0.2) is 50.2 Å². The summed E-state index contributed by atoms with van der Waals surface area (Å²) < 4.78 is 37.6. The molecule has 8 nitrogen and oxygen atoms in total. The number of aromatic nitrogens is 1. The van der Waals surface area contributed by atoms with Crippen LogP contribution in [0.5, 0.6) is 11.5 Å². The van der Waals surface area contributed by atoms with Gasteiger partial charge in [0.15, 0.2) is 0 Å². The first kappa shape index (κ1) is 20.2. The van der Waals surface area contributed by atoms with Crippen LogP contribution >= 0.6 is 0 Å². The van der Waals surface area contributed by atoms with Gasteiger partial charge in [0.1, 0.15) is 17.2 Å². The smallest absolute Gasteiger partial charge is 0.268 e. The highest BCUT2D eigenvalue weighted by molar-refractivity contribution is 7.88. The number of carbonyl (C=O) groups is 1. The summed E-state index contributed by atoms with van der Waals surface area (Å²) >= 11 is 0. The van der Waals surface area contributed by atoms with Gasteiger partial charge >= 0.3 is 0 Å². The summed E-state index contributed by atoms with van der Waals surface area (Å²) in [7, 11) is -0.115. The lowest BCUT2D eigenvalue weighted by Crippen LogP contribution is -2.29. The van der Waals surface area contributed by atoms with E-state index in [1.165, 1.54) is 10.6 Å². The minimum absolute atomic E-state index is 0.211. The second kappa shape index (κ2) is 8.24. The fourth-order valence-electron chi connectivity index (χ4n) is 3.32. The largest absolute Gasteiger partial charge is 0.497 e. The summed E-state index contributed by atoms with van der Waals surface area (Å²) in [5, 5.41) is 2.91. The van der Waals surface area contributed by atoms with Gasteiger partial charge in [0.05, 0.1) is 27.0 Å². The molecule has 0 spiro atoms. The molecule has 1 aliphatic heterocycles. The summed E-state index contributed by atoms with van der Waals surface area (Å²) in [6.07, 6.45) is 1.86. The third-order valence-corrected chi connectivity index (χ3v) is 6.08. The predicted octanol–water partition coefficient (Wildman–Crippen LogP) is 1.60. The summed E-state index contributed by atoms with van der Waals surface area (Å²) in [6, 6.07) is 8.98. The Morgan fingerprint density at radius 1 is 1.14 bits per heavy atom. The van der Waals surface area contributed by atoms with Crippen molar-refractivity contribution in [3.63, 3.8) is 0 Å². The fourth-order valence-corrected chi connectivity index (χ4v) is 4.15. The topological polar surface area (TPSA) is 89.9 Å². The van der Waals surface area contributed by atoms with Gasteiger partial charge in [-0.05, 0) is 30.7 Å². The molecule has 2 aromatic rings. The van der Waals surface area contributed by atoms with Crippen LogP contribution in [0.1, 0.15) is 28.2 Å². The summed E-state index contributed by atoms with van der Waals surface area (Å²) in [6.45, 7) is 1.63. The lowest BCUT2D eigenvalue weighted by Gasteiger charge is -2.16. The van der Waals surface area contributed by atoms with E-state index in [4.69, 9.17) is 9.47 Å². The maximum atomic E-state index is 12.7. The van der Waals surface area contributed by atoms with Crippen LogP contribution in [0.25, 0.3) is 0 Å². The molecule has 0 saturated heterocycles. The van der Waals surface area contributed by atoms with Crippen molar-refractivity contribution in [2.45, 2.75) is 26.1 Å². The average Bonchev–Trinajstić information content (AvgIpc) is 2.94. The number of sulfonamides is 1. The number of hydrogen-bond donors (Lipinski definition) is 1. The van der Waals surface area contributed by atoms with Crippen molar-refractivity contribution in [2.75, 3.05) is 27.0 Å².